The number of carbonyl (C=O) groups excluding carboxylic acids is 2. The van der Waals surface area contributed by atoms with Gasteiger partial charge in [0, 0.05) is 57.4 Å². The minimum absolute atomic E-state index is 0.0629. The molecule has 0 bridgehead atoms. The quantitative estimate of drug-likeness (QED) is 0.780. The number of likely N-dealkylation sites (tertiary alicyclic amines) is 2. The van der Waals surface area contributed by atoms with Crippen LogP contribution in [0.1, 0.15) is 66.2 Å². The van der Waals surface area contributed by atoms with E-state index in [0.717, 1.165) is 69.9 Å². The Balaban J connectivity index is 1.32. The number of nitrogens with one attached hydrogen (secondary N) is 1. The van der Waals surface area contributed by atoms with Crippen molar-refractivity contribution in [1.82, 2.24) is 24.7 Å². The second-order valence-electron chi connectivity index (χ2n) is 9.21. The van der Waals surface area contributed by atoms with Crippen LogP contribution in [0.15, 0.2) is 30.3 Å². The molecule has 4 rings (SSSR count). The summed E-state index contributed by atoms with van der Waals surface area (Å²) in [6.07, 6.45) is 3.72. The number of hydrogen-bond donors (Lipinski definition) is 1. The average molecular weight is 438 g/mol. The van der Waals surface area contributed by atoms with Crippen molar-refractivity contribution in [2.75, 3.05) is 26.2 Å². The fourth-order valence-electron chi connectivity index (χ4n) is 5.18. The number of carbonyl (C=O) groups is 2. The van der Waals surface area contributed by atoms with Crippen molar-refractivity contribution in [3.8, 4) is 0 Å². The molecule has 0 spiro atoms. The molecule has 2 aromatic rings. The molecule has 2 amide bonds. The van der Waals surface area contributed by atoms with E-state index in [1.54, 1.807) is 6.92 Å². The molecule has 1 aromatic carbocycles. The Morgan fingerprint density at radius 3 is 2.28 bits per heavy atom. The minimum atomic E-state index is -0.0629. The normalized spacial score (nSPS) is 18.7. The Kier molecular flexibility index (Phi) is 6.94. The number of aromatic nitrogens is 2. The van der Waals surface area contributed by atoms with Gasteiger partial charge in [0.25, 0.3) is 5.91 Å². The van der Waals surface area contributed by atoms with Gasteiger partial charge in [-0.3, -0.25) is 14.5 Å². The van der Waals surface area contributed by atoms with Crippen molar-refractivity contribution in [3.63, 3.8) is 0 Å². The number of piperidine rings is 2. The zero-order valence-corrected chi connectivity index (χ0v) is 19.5. The summed E-state index contributed by atoms with van der Waals surface area (Å²) in [6, 6.07) is 11.0. The van der Waals surface area contributed by atoms with Crippen molar-refractivity contribution in [1.29, 1.82) is 0 Å². The smallest absolute Gasteiger partial charge is 0.271 e. The molecule has 2 aliphatic heterocycles. The van der Waals surface area contributed by atoms with Gasteiger partial charge >= 0.3 is 0 Å². The SMILES string of the molecule is CC(=O)N1CCC(n2c(C)nc(C(=O)NC3CCN(Cc4ccccc4)CC3)c2C)CC1. The summed E-state index contributed by atoms with van der Waals surface area (Å²) in [4.78, 5) is 33.7. The largest absolute Gasteiger partial charge is 0.348 e. The molecule has 3 heterocycles. The first kappa shape index (κ1) is 22.5. The van der Waals surface area contributed by atoms with E-state index in [-0.39, 0.29) is 17.9 Å². The van der Waals surface area contributed by atoms with Crippen molar-refractivity contribution in [3.05, 3.63) is 53.1 Å². The van der Waals surface area contributed by atoms with Crippen molar-refractivity contribution >= 4 is 11.8 Å². The van der Waals surface area contributed by atoms with Crippen molar-refractivity contribution in [2.24, 2.45) is 0 Å². The van der Waals surface area contributed by atoms with Crippen LogP contribution in [0.25, 0.3) is 0 Å². The molecule has 0 atom stereocenters. The molecule has 2 fully saturated rings. The molecule has 2 saturated heterocycles. The summed E-state index contributed by atoms with van der Waals surface area (Å²) < 4.78 is 2.20. The Bertz CT molecular complexity index is 939. The maximum Gasteiger partial charge on any atom is 0.271 e. The van der Waals surface area contributed by atoms with Crippen LogP contribution < -0.4 is 5.32 Å². The molecule has 0 saturated carbocycles. The van der Waals surface area contributed by atoms with Gasteiger partial charge in [-0.15, -0.1) is 0 Å². The van der Waals surface area contributed by atoms with Gasteiger partial charge < -0.3 is 14.8 Å². The summed E-state index contributed by atoms with van der Waals surface area (Å²) in [5.74, 6) is 0.955. The number of nitrogens with zero attached hydrogens (tertiary/aromatic N) is 4. The fourth-order valence-corrected chi connectivity index (χ4v) is 5.18. The van der Waals surface area contributed by atoms with Crippen LogP contribution in [0, 0.1) is 13.8 Å². The van der Waals surface area contributed by atoms with Gasteiger partial charge in [-0.05, 0) is 45.1 Å². The highest BCUT2D eigenvalue weighted by atomic mass is 16.2. The van der Waals surface area contributed by atoms with E-state index < -0.39 is 0 Å². The number of aryl methyl sites for hydroxylation is 1. The monoisotopic (exact) mass is 437 g/mol. The lowest BCUT2D eigenvalue weighted by atomic mass is 10.0. The van der Waals surface area contributed by atoms with Gasteiger partial charge in [-0.1, -0.05) is 30.3 Å². The van der Waals surface area contributed by atoms with E-state index in [4.69, 9.17) is 0 Å². The summed E-state index contributed by atoms with van der Waals surface area (Å²) in [7, 11) is 0. The Labute approximate surface area is 190 Å². The molecule has 0 radical (unpaired) electrons. The highest BCUT2D eigenvalue weighted by molar-refractivity contribution is 5.93. The molecule has 7 nitrogen and oxygen atoms in total. The first-order chi connectivity index (χ1) is 15.4. The predicted octanol–water partition coefficient (Wildman–Crippen LogP) is 3.08. The summed E-state index contributed by atoms with van der Waals surface area (Å²) >= 11 is 0. The molecule has 0 unspecified atom stereocenters. The molecule has 0 aliphatic carbocycles. The van der Waals surface area contributed by atoms with Crippen molar-refractivity contribution in [2.45, 2.75) is 65.1 Å². The fraction of sp³-hybridized carbons (Fsp3) is 0.560. The third kappa shape index (κ3) is 5.04. The van der Waals surface area contributed by atoms with Crippen LogP contribution in [0.3, 0.4) is 0 Å². The van der Waals surface area contributed by atoms with E-state index in [1.807, 2.05) is 24.8 Å². The number of benzene rings is 1. The van der Waals surface area contributed by atoms with Crippen molar-refractivity contribution < 1.29 is 9.59 Å². The summed E-state index contributed by atoms with van der Waals surface area (Å²) in [6.45, 7) is 10.1. The van der Waals surface area contributed by atoms with E-state index in [9.17, 15) is 9.59 Å². The van der Waals surface area contributed by atoms with Gasteiger partial charge in [0.2, 0.25) is 5.91 Å². The Morgan fingerprint density at radius 1 is 1.00 bits per heavy atom. The predicted molar refractivity (Wildman–Crippen MR) is 124 cm³/mol. The van der Waals surface area contributed by atoms with E-state index in [1.165, 1.54) is 5.56 Å². The topological polar surface area (TPSA) is 70.5 Å². The van der Waals surface area contributed by atoms with E-state index >= 15 is 0 Å². The second kappa shape index (κ2) is 9.86. The van der Waals surface area contributed by atoms with E-state index in [0.29, 0.717) is 11.7 Å². The van der Waals surface area contributed by atoms with Crippen LogP contribution in [-0.4, -0.2) is 63.4 Å². The zero-order chi connectivity index (χ0) is 22.7. The van der Waals surface area contributed by atoms with Crippen LogP contribution in [0.2, 0.25) is 0 Å². The zero-order valence-electron chi connectivity index (χ0n) is 19.5. The maximum absolute atomic E-state index is 13.0. The van der Waals surface area contributed by atoms with Gasteiger partial charge in [0.15, 0.2) is 0 Å². The molecule has 1 N–H and O–H groups in total. The second-order valence-corrected chi connectivity index (χ2v) is 9.21. The van der Waals surface area contributed by atoms with E-state index in [2.05, 4.69) is 44.0 Å². The maximum atomic E-state index is 13.0. The highest BCUT2D eigenvalue weighted by Crippen LogP contribution is 2.27. The molecule has 172 valence electrons. The molecular weight excluding hydrogens is 402 g/mol. The Morgan fingerprint density at radius 2 is 1.66 bits per heavy atom. The van der Waals surface area contributed by atoms with Gasteiger partial charge in [-0.2, -0.15) is 0 Å². The third-order valence-electron chi connectivity index (χ3n) is 6.99. The molecule has 7 heteroatoms. The molecule has 2 aliphatic rings. The highest BCUT2D eigenvalue weighted by Gasteiger charge is 2.28. The number of amides is 2. The Hall–Kier alpha value is -2.67. The molecular formula is C25H35N5O2. The standard InChI is InChI=1S/C25H35N5O2/c1-18-24(26-19(2)30(18)23-11-15-29(16-12-23)20(3)31)25(32)27-22-9-13-28(14-10-22)17-21-7-5-4-6-8-21/h4-8,22-23H,9-17H2,1-3H3,(H,27,32). The number of imidazole rings is 1. The van der Waals surface area contributed by atoms with Gasteiger partial charge in [-0.25, -0.2) is 4.98 Å². The lowest BCUT2D eigenvalue weighted by molar-refractivity contribution is -0.130. The van der Waals surface area contributed by atoms with Crippen LogP contribution in [0.4, 0.5) is 0 Å². The first-order valence-electron chi connectivity index (χ1n) is 11.8. The summed E-state index contributed by atoms with van der Waals surface area (Å²) in [5, 5.41) is 3.23. The van der Waals surface area contributed by atoms with Gasteiger partial charge in [0.05, 0.1) is 0 Å². The summed E-state index contributed by atoms with van der Waals surface area (Å²) in [5.41, 5.74) is 2.81. The number of rotatable bonds is 5. The number of hydrogen-bond acceptors (Lipinski definition) is 4. The first-order valence-corrected chi connectivity index (χ1v) is 11.8. The van der Waals surface area contributed by atoms with Gasteiger partial charge in [0.1, 0.15) is 11.5 Å². The van der Waals surface area contributed by atoms with Crippen LogP contribution in [0.5, 0.6) is 0 Å². The lowest BCUT2D eigenvalue weighted by Gasteiger charge is -2.33. The average Bonchev–Trinajstić information content (AvgIpc) is 3.10. The third-order valence-corrected chi connectivity index (χ3v) is 6.99. The lowest BCUT2D eigenvalue weighted by Crippen LogP contribution is -2.44. The molecule has 1 aromatic heterocycles. The minimum Gasteiger partial charge on any atom is -0.348 e. The van der Waals surface area contributed by atoms with Crippen LogP contribution >= 0.6 is 0 Å². The van der Waals surface area contributed by atoms with Crippen LogP contribution in [-0.2, 0) is 11.3 Å². The molecule has 32 heavy (non-hydrogen) atoms.